The van der Waals surface area contributed by atoms with Gasteiger partial charge in [-0.25, -0.2) is 18.4 Å². The largest absolute Gasteiger partial charge is 0.381 e. The zero-order chi connectivity index (χ0) is 22.7. The van der Waals surface area contributed by atoms with Crippen LogP contribution in [0, 0.1) is 11.6 Å². The molecule has 2 N–H and O–H groups in total. The molecule has 0 unspecified atom stereocenters. The Kier molecular flexibility index (Phi) is 6.88. The van der Waals surface area contributed by atoms with Gasteiger partial charge in [0.15, 0.2) is 0 Å². The zero-order valence-electron chi connectivity index (χ0n) is 17.8. The summed E-state index contributed by atoms with van der Waals surface area (Å²) in [6.45, 7) is 3.34. The number of piperidine rings is 1. The Hall–Kier alpha value is -2.36. The molecule has 0 amide bonds. The summed E-state index contributed by atoms with van der Waals surface area (Å²) in [6.07, 6.45) is 4.59. The van der Waals surface area contributed by atoms with Crippen LogP contribution in [0.3, 0.4) is 0 Å². The monoisotopic (exact) mass is 505 g/mol. The van der Waals surface area contributed by atoms with Gasteiger partial charge in [-0.15, -0.1) is 0 Å². The Balaban J connectivity index is 1.51. The van der Waals surface area contributed by atoms with Crippen molar-refractivity contribution in [1.82, 2.24) is 19.7 Å². The van der Waals surface area contributed by atoms with E-state index in [9.17, 15) is 13.9 Å². The van der Waals surface area contributed by atoms with E-state index >= 15 is 0 Å². The van der Waals surface area contributed by atoms with Gasteiger partial charge in [0.25, 0.3) is 0 Å². The Bertz CT molecular complexity index is 1040. The molecule has 4 rings (SSSR count). The third kappa shape index (κ3) is 4.84. The lowest BCUT2D eigenvalue weighted by molar-refractivity contribution is -0.0686. The van der Waals surface area contributed by atoms with Crippen LogP contribution in [0.4, 0.5) is 14.5 Å². The predicted octanol–water partition coefficient (Wildman–Crippen LogP) is 4.17. The summed E-state index contributed by atoms with van der Waals surface area (Å²) in [4.78, 5) is 6.08. The highest BCUT2D eigenvalue weighted by molar-refractivity contribution is 9.10. The first-order valence-electron chi connectivity index (χ1n) is 10.6. The van der Waals surface area contributed by atoms with Gasteiger partial charge in [0.05, 0.1) is 6.54 Å². The second kappa shape index (κ2) is 9.64. The topological polar surface area (TPSA) is 66.2 Å². The molecule has 0 radical (unpaired) electrons. The van der Waals surface area contributed by atoms with Crippen molar-refractivity contribution in [3.63, 3.8) is 0 Å². The predicted molar refractivity (Wildman–Crippen MR) is 122 cm³/mol. The molecule has 0 bridgehead atoms. The van der Waals surface area contributed by atoms with Crippen LogP contribution in [0.25, 0.3) is 0 Å². The van der Waals surface area contributed by atoms with E-state index in [1.165, 1.54) is 29.5 Å². The number of anilines is 1. The molecule has 6 nitrogen and oxygen atoms in total. The molecule has 2 heterocycles. The third-order valence-corrected chi connectivity index (χ3v) is 6.96. The first kappa shape index (κ1) is 22.8. The minimum absolute atomic E-state index is 0.00581. The SMILES string of the molecule is C[C@@H](N1CCC(Nc2ccccc2Br)CC1)[C@](O)(Cn1cncn1)c1ccc(F)cc1F. The second-order valence-corrected chi connectivity index (χ2v) is 9.11. The summed E-state index contributed by atoms with van der Waals surface area (Å²) < 4.78 is 30.8. The number of para-hydroxylation sites is 1. The van der Waals surface area contributed by atoms with Gasteiger partial charge in [0, 0.05) is 47.0 Å². The maximum absolute atomic E-state index is 14.8. The van der Waals surface area contributed by atoms with Gasteiger partial charge >= 0.3 is 0 Å². The van der Waals surface area contributed by atoms with Crippen molar-refractivity contribution in [2.24, 2.45) is 0 Å². The molecule has 9 heteroatoms. The lowest BCUT2D eigenvalue weighted by Crippen LogP contribution is -2.55. The van der Waals surface area contributed by atoms with Gasteiger partial charge in [0.1, 0.15) is 29.9 Å². The standard InChI is InChI=1S/C23H26BrF2N5O/c1-16(30-10-8-18(9-11-30)29-22-5-3-2-4-20(22)24)23(32,13-31-15-27-14-28-31)19-7-6-17(25)12-21(19)26/h2-7,12,14-16,18,29,32H,8-11,13H2,1H3/t16-,23-/m1/s1. The van der Waals surface area contributed by atoms with E-state index in [1.807, 2.05) is 31.2 Å². The van der Waals surface area contributed by atoms with Crippen molar-refractivity contribution >= 4 is 21.6 Å². The van der Waals surface area contributed by atoms with Crippen LogP contribution in [0.5, 0.6) is 0 Å². The average Bonchev–Trinajstić information content (AvgIpc) is 3.28. The highest BCUT2D eigenvalue weighted by atomic mass is 79.9. The molecule has 1 fully saturated rings. The number of hydrogen-bond acceptors (Lipinski definition) is 5. The number of nitrogens with one attached hydrogen (secondary N) is 1. The molecule has 32 heavy (non-hydrogen) atoms. The minimum atomic E-state index is -1.62. The first-order valence-corrected chi connectivity index (χ1v) is 11.4. The summed E-state index contributed by atoms with van der Waals surface area (Å²) in [5.41, 5.74) is -0.515. The number of rotatable bonds is 7. The summed E-state index contributed by atoms with van der Waals surface area (Å²) in [7, 11) is 0. The molecule has 0 aliphatic carbocycles. The number of aromatic nitrogens is 3. The van der Waals surface area contributed by atoms with Crippen LogP contribution in [-0.2, 0) is 12.1 Å². The van der Waals surface area contributed by atoms with Gasteiger partial charge in [0.2, 0.25) is 0 Å². The van der Waals surface area contributed by atoms with Gasteiger partial charge in [-0.3, -0.25) is 4.90 Å². The van der Waals surface area contributed by atoms with Crippen LogP contribution < -0.4 is 5.32 Å². The highest BCUT2D eigenvalue weighted by Gasteiger charge is 2.42. The number of halogens is 3. The quantitative estimate of drug-likeness (QED) is 0.504. The summed E-state index contributed by atoms with van der Waals surface area (Å²) >= 11 is 3.57. The lowest BCUT2D eigenvalue weighted by atomic mass is 9.84. The van der Waals surface area contributed by atoms with Crippen LogP contribution in [0.2, 0.25) is 0 Å². The van der Waals surface area contributed by atoms with Gasteiger partial charge in [-0.1, -0.05) is 18.2 Å². The fourth-order valence-electron chi connectivity index (χ4n) is 4.38. The van der Waals surface area contributed by atoms with E-state index in [0.717, 1.165) is 42.2 Å². The van der Waals surface area contributed by atoms with Crippen molar-refractivity contribution in [1.29, 1.82) is 0 Å². The molecule has 0 spiro atoms. The van der Waals surface area contributed by atoms with Gasteiger partial charge in [-0.05, 0) is 53.9 Å². The first-order chi connectivity index (χ1) is 15.4. The normalized spacial score (nSPS) is 18.3. The number of nitrogens with zero attached hydrogens (tertiary/aromatic N) is 4. The number of aliphatic hydroxyl groups is 1. The van der Waals surface area contributed by atoms with E-state index < -0.39 is 23.3 Å². The number of benzene rings is 2. The molecule has 1 aromatic heterocycles. The molecule has 2 atom stereocenters. The molecule has 1 aliphatic heterocycles. The number of likely N-dealkylation sites (tertiary alicyclic amines) is 1. The Labute approximate surface area is 194 Å². The third-order valence-electron chi connectivity index (χ3n) is 6.27. The van der Waals surface area contributed by atoms with Crippen molar-refractivity contribution < 1.29 is 13.9 Å². The van der Waals surface area contributed by atoms with E-state index in [-0.39, 0.29) is 12.1 Å². The Morgan fingerprint density at radius 1 is 1.22 bits per heavy atom. The molecule has 170 valence electrons. The van der Waals surface area contributed by atoms with Crippen molar-refractivity contribution in [2.45, 2.75) is 44.0 Å². The fraction of sp³-hybridized carbons (Fsp3) is 0.391. The molecular formula is C23H26BrF2N5O. The summed E-state index contributed by atoms with van der Waals surface area (Å²) in [5, 5.41) is 19.4. The van der Waals surface area contributed by atoms with Crippen LogP contribution in [0.15, 0.2) is 59.6 Å². The van der Waals surface area contributed by atoms with E-state index in [0.29, 0.717) is 6.04 Å². The highest BCUT2D eigenvalue weighted by Crippen LogP contribution is 2.34. The summed E-state index contributed by atoms with van der Waals surface area (Å²) in [5.74, 6) is -1.45. The van der Waals surface area contributed by atoms with Crippen LogP contribution >= 0.6 is 15.9 Å². The van der Waals surface area contributed by atoms with Crippen LogP contribution in [0.1, 0.15) is 25.3 Å². The van der Waals surface area contributed by atoms with Crippen molar-refractivity contribution in [3.05, 3.63) is 76.8 Å². The molecule has 1 saturated heterocycles. The molecule has 3 aromatic rings. The van der Waals surface area contributed by atoms with Crippen LogP contribution in [-0.4, -0.2) is 49.9 Å². The molecule has 2 aromatic carbocycles. The van der Waals surface area contributed by atoms with Gasteiger partial charge in [-0.2, -0.15) is 5.10 Å². The maximum atomic E-state index is 14.8. The summed E-state index contributed by atoms with van der Waals surface area (Å²) in [6, 6.07) is 11.2. The molecule has 0 saturated carbocycles. The Morgan fingerprint density at radius 3 is 2.62 bits per heavy atom. The van der Waals surface area contributed by atoms with E-state index in [1.54, 1.807) is 0 Å². The van der Waals surface area contributed by atoms with E-state index in [4.69, 9.17) is 0 Å². The number of hydrogen-bond donors (Lipinski definition) is 2. The fourth-order valence-corrected chi connectivity index (χ4v) is 4.77. The molecular weight excluding hydrogens is 480 g/mol. The average molecular weight is 506 g/mol. The van der Waals surface area contributed by atoms with Crippen molar-refractivity contribution in [2.75, 3.05) is 18.4 Å². The second-order valence-electron chi connectivity index (χ2n) is 8.25. The van der Waals surface area contributed by atoms with Crippen molar-refractivity contribution in [3.8, 4) is 0 Å². The smallest absolute Gasteiger partial charge is 0.137 e. The Morgan fingerprint density at radius 2 is 1.97 bits per heavy atom. The minimum Gasteiger partial charge on any atom is -0.381 e. The molecule has 1 aliphatic rings. The van der Waals surface area contributed by atoms with E-state index in [2.05, 4.69) is 36.2 Å². The zero-order valence-corrected chi connectivity index (χ0v) is 19.3. The maximum Gasteiger partial charge on any atom is 0.137 e. The lowest BCUT2D eigenvalue weighted by Gasteiger charge is -2.44. The van der Waals surface area contributed by atoms with Gasteiger partial charge < -0.3 is 10.4 Å².